The predicted molar refractivity (Wildman–Crippen MR) is 109 cm³/mol. The number of hydrogen-bond donors (Lipinski definition) is 1. The highest BCUT2D eigenvalue weighted by molar-refractivity contribution is 7.89. The SMILES string of the molecule is O=S(=O)(NC1CCN(Cc2nnnn2-c2ccc(C(F)(F)F)cc2)CC1)c1ccc(F)cc1. The minimum atomic E-state index is -4.43. The fraction of sp³-hybridized carbons (Fsp3) is 0.350. The highest BCUT2D eigenvalue weighted by Gasteiger charge is 2.30. The monoisotopic (exact) mass is 484 g/mol. The van der Waals surface area contributed by atoms with E-state index in [9.17, 15) is 26.0 Å². The van der Waals surface area contributed by atoms with Gasteiger partial charge < -0.3 is 0 Å². The van der Waals surface area contributed by atoms with E-state index in [0.29, 0.717) is 44.0 Å². The van der Waals surface area contributed by atoms with Crippen molar-refractivity contribution in [2.24, 2.45) is 0 Å². The molecule has 0 bridgehead atoms. The molecule has 1 saturated heterocycles. The Bertz CT molecular complexity index is 1190. The van der Waals surface area contributed by atoms with Crippen LogP contribution in [0.3, 0.4) is 0 Å². The molecular formula is C20H20F4N6O2S. The van der Waals surface area contributed by atoms with Crippen molar-refractivity contribution >= 4 is 10.0 Å². The number of piperidine rings is 1. The highest BCUT2D eigenvalue weighted by atomic mass is 32.2. The standard InChI is InChI=1S/C20H20F4N6O2S/c21-15-3-7-18(8-4-15)33(31,32)26-16-9-11-29(12-10-16)13-19-25-27-28-30(19)17-5-1-14(2-6-17)20(22,23)24/h1-8,16,26H,9-13H2. The van der Waals surface area contributed by atoms with Crippen molar-refractivity contribution < 1.29 is 26.0 Å². The number of halogens is 4. The van der Waals surface area contributed by atoms with Gasteiger partial charge in [-0.3, -0.25) is 4.90 Å². The van der Waals surface area contributed by atoms with Crippen LogP contribution in [-0.4, -0.2) is 52.7 Å². The molecular weight excluding hydrogens is 464 g/mol. The molecule has 1 N–H and O–H groups in total. The molecule has 0 radical (unpaired) electrons. The van der Waals surface area contributed by atoms with E-state index >= 15 is 0 Å². The summed E-state index contributed by atoms with van der Waals surface area (Å²) in [4.78, 5) is 2.04. The molecule has 0 spiro atoms. The van der Waals surface area contributed by atoms with E-state index in [2.05, 4.69) is 20.2 Å². The lowest BCUT2D eigenvalue weighted by molar-refractivity contribution is -0.137. The van der Waals surface area contributed by atoms with Gasteiger partial charge in [0.15, 0.2) is 5.82 Å². The maximum absolute atomic E-state index is 13.1. The van der Waals surface area contributed by atoms with Crippen LogP contribution in [-0.2, 0) is 22.7 Å². The minimum absolute atomic E-state index is 0.00190. The first-order valence-corrected chi connectivity index (χ1v) is 11.6. The van der Waals surface area contributed by atoms with Gasteiger partial charge in [0, 0.05) is 19.1 Å². The summed E-state index contributed by atoms with van der Waals surface area (Å²) in [6.45, 7) is 1.48. The molecule has 1 fully saturated rings. The lowest BCUT2D eigenvalue weighted by atomic mass is 10.1. The Hall–Kier alpha value is -2.90. The smallest absolute Gasteiger partial charge is 0.296 e. The Labute approximate surface area is 187 Å². The number of likely N-dealkylation sites (tertiary alicyclic amines) is 1. The van der Waals surface area contributed by atoms with Crippen molar-refractivity contribution in [1.29, 1.82) is 0 Å². The number of sulfonamides is 1. The topological polar surface area (TPSA) is 93.0 Å². The van der Waals surface area contributed by atoms with Crippen LogP contribution in [0.15, 0.2) is 53.4 Å². The number of benzene rings is 2. The Balaban J connectivity index is 1.36. The molecule has 176 valence electrons. The molecule has 1 aromatic heterocycles. The highest BCUT2D eigenvalue weighted by Crippen LogP contribution is 2.29. The molecule has 0 saturated carbocycles. The summed E-state index contributed by atoms with van der Waals surface area (Å²) in [5.41, 5.74) is -0.351. The summed E-state index contributed by atoms with van der Waals surface area (Å²) >= 11 is 0. The molecule has 0 unspecified atom stereocenters. The lowest BCUT2D eigenvalue weighted by Crippen LogP contribution is -2.44. The van der Waals surface area contributed by atoms with Gasteiger partial charge in [-0.25, -0.2) is 17.5 Å². The number of hydrogen-bond acceptors (Lipinski definition) is 6. The Morgan fingerprint density at radius 2 is 1.64 bits per heavy atom. The average molecular weight is 484 g/mol. The van der Waals surface area contributed by atoms with E-state index in [0.717, 1.165) is 24.3 Å². The second-order valence-corrected chi connectivity index (χ2v) is 9.39. The van der Waals surface area contributed by atoms with E-state index < -0.39 is 27.6 Å². The van der Waals surface area contributed by atoms with E-state index in [4.69, 9.17) is 0 Å². The fourth-order valence-electron chi connectivity index (χ4n) is 3.61. The zero-order valence-electron chi connectivity index (χ0n) is 17.2. The van der Waals surface area contributed by atoms with Gasteiger partial charge in [-0.15, -0.1) is 5.10 Å². The summed E-state index contributed by atoms with van der Waals surface area (Å²) < 4.78 is 80.4. The summed E-state index contributed by atoms with van der Waals surface area (Å²) in [7, 11) is -3.75. The van der Waals surface area contributed by atoms with E-state index in [1.807, 2.05) is 4.90 Å². The molecule has 1 aliphatic heterocycles. The molecule has 2 aromatic carbocycles. The largest absolute Gasteiger partial charge is 0.416 e. The minimum Gasteiger partial charge on any atom is -0.296 e. The molecule has 0 amide bonds. The third-order valence-electron chi connectivity index (χ3n) is 5.37. The number of tetrazole rings is 1. The van der Waals surface area contributed by atoms with E-state index in [1.165, 1.54) is 28.9 Å². The van der Waals surface area contributed by atoms with Crippen molar-refractivity contribution in [2.45, 2.75) is 36.5 Å². The molecule has 8 nitrogen and oxygen atoms in total. The first-order valence-electron chi connectivity index (χ1n) is 10.1. The first kappa shape index (κ1) is 23.3. The fourth-order valence-corrected chi connectivity index (χ4v) is 4.91. The van der Waals surface area contributed by atoms with E-state index in [-0.39, 0.29) is 10.9 Å². The normalized spacial score (nSPS) is 16.2. The first-order chi connectivity index (χ1) is 15.6. The quantitative estimate of drug-likeness (QED) is 0.541. The Morgan fingerprint density at radius 1 is 1.00 bits per heavy atom. The maximum Gasteiger partial charge on any atom is 0.416 e. The van der Waals surface area contributed by atoms with Crippen LogP contribution in [0.2, 0.25) is 0 Å². The zero-order valence-corrected chi connectivity index (χ0v) is 18.0. The van der Waals surface area contributed by atoms with Gasteiger partial charge in [-0.05, 0) is 71.8 Å². The zero-order chi connectivity index (χ0) is 23.6. The van der Waals surface area contributed by atoms with Crippen LogP contribution in [0.25, 0.3) is 5.69 Å². The van der Waals surface area contributed by atoms with Crippen molar-refractivity contribution in [3.8, 4) is 5.69 Å². The Kier molecular flexibility index (Phi) is 6.45. The third-order valence-corrected chi connectivity index (χ3v) is 6.91. The molecule has 33 heavy (non-hydrogen) atoms. The van der Waals surface area contributed by atoms with Gasteiger partial charge in [0.2, 0.25) is 10.0 Å². The van der Waals surface area contributed by atoms with Crippen LogP contribution < -0.4 is 4.72 Å². The second-order valence-electron chi connectivity index (χ2n) is 7.68. The molecule has 1 aliphatic rings. The van der Waals surface area contributed by atoms with Crippen LogP contribution in [0, 0.1) is 5.82 Å². The molecule has 3 aromatic rings. The van der Waals surface area contributed by atoms with Crippen molar-refractivity contribution in [3.05, 3.63) is 65.7 Å². The molecule has 0 aliphatic carbocycles. The number of alkyl halides is 3. The number of nitrogens with zero attached hydrogens (tertiary/aromatic N) is 5. The van der Waals surface area contributed by atoms with Crippen LogP contribution in [0.5, 0.6) is 0 Å². The maximum atomic E-state index is 13.1. The molecule has 4 rings (SSSR count). The molecule has 0 atom stereocenters. The van der Waals surface area contributed by atoms with Crippen molar-refractivity contribution in [2.75, 3.05) is 13.1 Å². The van der Waals surface area contributed by atoms with Crippen molar-refractivity contribution in [1.82, 2.24) is 29.8 Å². The molecule has 2 heterocycles. The van der Waals surface area contributed by atoms with Gasteiger partial charge in [0.1, 0.15) is 5.82 Å². The van der Waals surface area contributed by atoms with Crippen molar-refractivity contribution in [3.63, 3.8) is 0 Å². The summed E-state index contributed by atoms with van der Waals surface area (Å²) in [5, 5.41) is 11.5. The number of aromatic nitrogens is 4. The second kappa shape index (κ2) is 9.15. The summed E-state index contributed by atoms with van der Waals surface area (Å²) in [5.74, 6) is -0.0546. The van der Waals surface area contributed by atoms with Gasteiger partial charge in [-0.2, -0.15) is 17.9 Å². The number of nitrogens with one attached hydrogen (secondary N) is 1. The Morgan fingerprint density at radius 3 is 2.24 bits per heavy atom. The van der Waals surface area contributed by atoms with Crippen LogP contribution in [0.4, 0.5) is 17.6 Å². The van der Waals surface area contributed by atoms with Gasteiger partial charge in [-0.1, -0.05) is 0 Å². The number of rotatable bonds is 6. The van der Waals surface area contributed by atoms with Crippen LogP contribution in [0.1, 0.15) is 24.2 Å². The average Bonchev–Trinajstić information content (AvgIpc) is 3.23. The third kappa shape index (κ3) is 5.54. The summed E-state index contributed by atoms with van der Waals surface area (Å²) in [6.07, 6.45) is -3.34. The molecule has 13 heteroatoms. The van der Waals surface area contributed by atoms with Gasteiger partial charge in [0.05, 0.1) is 22.7 Å². The van der Waals surface area contributed by atoms with E-state index in [1.54, 1.807) is 0 Å². The summed E-state index contributed by atoms with van der Waals surface area (Å²) in [6, 6.07) is 8.90. The van der Waals surface area contributed by atoms with Gasteiger partial charge in [0.25, 0.3) is 0 Å². The lowest BCUT2D eigenvalue weighted by Gasteiger charge is -2.31. The predicted octanol–water partition coefficient (Wildman–Crippen LogP) is 2.76. The van der Waals surface area contributed by atoms with Gasteiger partial charge >= 0.3 is 6.18 Å². The van der Waals surface area contributed by atoms with Crippen LogP contribution >= 0.6 is 0 Å².